The Balaban J connectivity index is 1.67. The van der Waals surface area contributed by atoms with Gasteiger partial charge in [0.1, 0.15) is 0 Å². The molecule has 0 radical (unpaired) electrons. The summed E-state index contributed by atoms with van der Waals surface area (Å²) in [5.41, 5.74) is 3.34. The van der Waals surface area contributed by atoms with Crippen LogP contribution in [0.2, 0.25) is 5.02 Å². The lowest BCUT2D eigenvalue weighted by Crippen LogP contribution is -2.28. The van der Waals surface area contributed by atoms with Gasteiger partial charge in [0.05, 0.1) is 24.1 Å². The molecule has 0 spiro atoms. The van der Waals surface area contributed by atoms with Crippen LogP contribution in [0.1, 0.15) is 18.1 Å². The highest BCUT2D eigenvalue weighted by atomic mass is 35.5. The number of sulfone groups is 1. The van der Waals surface area contributed by atoms with Crippen molar-refractivity contribution in [3.05, 3.63) is 64.7 Å². The van der Waals surface area contributed by atoms with E-state index in [-0.39, 0.29) is 22.8 Å². The van der Waals surface area contributed by atoms with E-state index in [1.807, 2.05) is 24.3 Å². The molecule has 2 aromatic carbocycles. The second-order valence-electron chi connectivity index (χ2n) is 6.91. The standard InChI is InChI=1S/C20H21ClN2O2S2/c1-2-14-7-9-16(10-8-14)23(11-15-5-3-4-6-17(15)21)20-22-18-12-27(24,25)13-19(18)26-20/h3-10,18-19H,2,11-13H2,1H3/t18-,19+/m0/s1. The van der Waals surface area contributed by atoms with Crippen molar-refractivity contribution >= 4 is 44.1 Å². The molecule has 0 bridgehead atoms. The van der Waals surface area contributed by atoms with Gasteiger partial charge in [-0.2, -0.15) is 0 Å². The van der Waals surface area contributed by atoms with Crippen LogP contribution in [0.3, 0.4) is 0 Å². The molecule has 0 unspecified atom stereocenters. The van der Waals surface area contributed by atoms with Crippen molar-refractivity contribution in [2.45, 2.75) is 31.2 Å². The molecule has 2 heterocycles. The summed E-state index contributed by atoms with van der Waals surface area (Å²) in [5.74, 6) is 0.368. The topological polar surface area (TPSA) is 49.7 Å². The molecule has 1 saturated heterocycles. The van der Waals surface area contributed by atoms with Crippen molar-refractivity contribution in [3.63, 3.8) is 0 Å². The number of anilines is 1. The van der Waals surface area contributed by atoms with Crippen LogP contribution in [0.15, 0.2) is 53.5 Å². The van der Waals surface area contributed by atoms with Crippen LogP contribution in [0.25, 0.3) is 0 Å². The highest BCUT2D eigenvalue weighted by Gasteiger charge is 2.44. The number of thioether (sulfide) groups is 1. The number of nitrogens with zero attached hydrogens (tertiary/aromatic N) is 2. The predicted octanol–water partition coefficient (Wildman–Crippen LogP) is 4.18. The minimum absolute atomic E-state index is 0.0219. The third kappa shape index (κ3) is 4.03. The molecule has 27 heavy (non-hydrogen) atoms. The van der Waals surface area contributed by atoms with Crippen molar-refractivity contribution in [2.24, 2.45) is 4.99 Å². The molecule has 0 aromatic heterocycles. The summed E-state index contributed by atoms with van der Waals surface area (Å²) in [7, 11) is -2.96. The van der Waals surface area contributed by atoms with Crippen molar-refractivity contribution in [1.82, 2.24) is 0 Å². The molecule has 2 aliphatic rings. The molecule has 4 nitrogen and oxygen atoms in total. The first-order chi connectivity index (χ1) is 12.9. The van der Waals surface area contributed by atoms with Crippen LogP contribution in [0.4, 0.5) is 5.69 Å². The van der Waals surface area contributed by atoms with Crippen LogP contribution in [-0.4, -0.2) is 36.4 Å². The first kappa shape index (κ1) is 18.8. The molecule has 7 heteroatoms. The maximum Gasteiger partial charge on any atom is 0.164 e. The fraction of sp³-hybridized carbons (Fsp3) is 0.350. The lowest BCUT2D eigenvalue weighted by molar-refractivity contribution is 0.601. The Bertz CT molecular complexity index is 974. The molecule has 1 fully saturated rings. The normalized spacial score (nSPS) is 23.1. The van der Waals surface area contributed by atoms with E-state index in [9.17, 15) is 8.42 Å². The molecular weight excluding hydrogens is 400 g/mol. The quantitative estimate of drug-likeness (QED) is 0.744. The van der Waals surface area contributed by atoms with Gasteiger partial charge >= 0.3 is 0 Å². The predicted molar refractivity (Wildman–Crippen MR) is 115 cm³/mol. The molecule has 0 saturated carbocycles. The fourth-order valence-electron chi connectivity index (χ4n) is 3.45. The zero-order chi connectivity index (χ0) is 19.0. The third-order valence-corrected chi connectivity index (χ3v) is 8.59. The van der Waals surface area contributed by atoms with E-state index in [2.05, 4.69) is 36.1 Å². The zero-order valence-electron chi connectivity index (χ0n) is 15.0. The van der Waals surface area contributed by atoms with Gasteiger partial charge in [-0.05, 0) is 35.7 Å². The summed E-state index contributed by atoms with van der Waals surface area (Å²) in [6.07, 6.45) is 0.989. The summed E-state index contributed by atoms with van der Waals surface area (Å²) in [6, 6.07) is 16.1. The van der Waals surface area contributed by atoms with Gasteiger partial charge in [0.15, 0.2) is 15.0 Å². The smallest absolute Gasteiger partial charge is 0.164 e. The molecule has 2 atom stereocenters. The maximum atomic E-state index is 11.9. The molecule has 2 aromatic rings. The van der Waals surface area contributed by atoms with Gasteiger partial charge in [-0.25, -0.2) is 8.42 Å². The average Bonchev–Trinajstić information content (AvgIpc) is 3.14. The van der Waals surface area contributed by atoms with Crippen LogP contribution >= 0.6 is 23.4 Å². The van der Waals surface area contributed by atoms with Gasteiger partial charge in [0.25, 0.3) is 0 Å². The van der Waals surface area contributed by atoms with E-state index < -0.39 is 9.84 Å². The van der Waals surface area contributed by atoms with E-state index in [1.165, 1.54) is 5.56 Å². The number of hydrogen-bond donors (Lipinski definition) is 0. The second kappa shape index (κ2) is 7.49. The van der Waals surface area contributed by atoms with Crippen LogP contribution in [0.5, 0.6) is 0 Å². The molecule has 0 N–H and O–H groups in total. The van der Waals surface area contributed by atoms with Crippen molar-refractivity contribution in [1.29, 1.82) is 0 Å². The number of halogens is 1. The van der Waals surface area contributed by atoms with E-state index in [1.54, 1.807) is 11.8 Å². The van der Waals surface area contributed by atoms with Gasteiger partial charge < -0.3 is 4.90 Å². The maximum absolute atomic E-state index is 11.9. The van der Waals surface area contributed by atoms with Crippen molar-refractivity contribution in [3.8, 4) is 0 Å². The molecule has 2 aliphatic heterocycles. The Morgan fingerprint density at radius 3 is 2.56 bits per heavy atom. The van der Waals surface area contributed by atoms with Crippen LogP contribution in [0, 0.1) is 0 Å². The number of benzene rings is 2. The Hall–Kier alpha value is -1.50. The molecule has 0 aliphatic carbocycles. The van der Waals surface area contributed by atoms with Gasteiger partial charge in [0, 0.05) is 16.0 Å². The summed E-state index contributed by atoms with van der Waals surface area (Å²) in [5, 5.41) is 1.62. The van der Waals surface area contributed by atoms with E-state index in [0.717, 1.165) is 27.9 Å². The summed E-state index contributed by atoms with van der Waals surface area (Å²) in [4.78, 5) is 6.92. The largest absolute Gasteiger partial charge is 0.317 e. The Morgan fingerprint density at radius 1 is 1.15 bits per heavy atom. The highest BCUT2D eigenvalue weighted by molar-refractivity contribution is 8.15. The van der Waals surface area contributed by atoms with Crippen molar-refractivity contribution in [2.75, 3.05) is 16.4 Å². The first-order valence-corrected chi connectivity index (χ1v) is 12.1. The third-order valence-electron chi connectivity index (χ3n) is 4.98. The summed E-state index contributed by atoms with van der Waals surface area (Å²) >= 11 is 7.97. The average molecular weight is 421 g/mol. The van der Waals surface area contributed by atoms with E-state index in [4.69, 9.17) is 16.6 Å². The minimum Gasteiger partial charge on any atom is -0.317 e. The number of aryl methyl sites for hydroxylation is 1. The van der Waals surface area contributed by atoms with E-state index >= 15 is 0 Å². The molecule has 4 rings (SSSR count). The number of aliphatic imine (C=N–C) groups is 1. The second-order valence-corrected chi connectivity index (χ2v) is 10.7. The first-order valence-electron chi connectivity index (χ1n) is 9.00. The summed E-state index contributed by atoms with van der Waals surface area (Å²) in [6.45, 7) is 2.73. The van der Waals surface area contributed by atoms with Gasteiger partial charge in [-0.3, -0.25) is 4.99 Å². The number of rotatable bonds is 4. The fourth-order valence-corrected chi connectivity index (χ4v) is 7.42. The van der Waals surface area contributed by atoms with Crippen LogP contribution < -0.4 is 4.90 Å². The lowest BCUT2D eigenvalue weighted by atomic mass is 10.1. The molecule has 0 amide bonds. The Labute approximate surface area is 169 Å². The summed E-state index contributed by atoms with van der Waals surface area (Å²) < 4.78 is 23.8. The Kier molecular flexibility index (Phi) is 5.23. The van der Waals surface area contributed by atoms with Gasteiger partial charge in [-0.1, -0.05) is 60.6 Å². The number of amidine groups is 1. The monoisotopic (exact) mass is 420 g/mol. The number of hydrogen-bond acceptors (Lipinski definition) is 5. The Morgan fingerprint density at radius 2 is 1.89 bits per heavy atom. The van der Waals surface area contributed by atoms with Crippen LogP contribution in [-0.2, 0) is 22.8 Å². The zero-order valence-corrected chi connectivity index (χ0v) is 17.4. The molecular formula is C20H21ClN2O2S2. The van der Waals surface area contributed by atoms with E-state index in [0.29, 0.717) is 6.54 Å². The van der Waals surface area contributed by atoms with Gasteiger partial charge in [-0.15, -0.1) is 0 Å². The SMILES string of the molecule is CCc1ccc(N(Cc2ccccc2Cl)C2=N[C@H]3CS(=O)(=O)C[C@H]3S2)cc1. The van der Waals surface area contributed by atoms with Crippen molar-refractivity contribution < 1.29 is 8.42 Å². The highest BCUT2D eigenvalue weighted by Crippen LogP contribution is 2.37. The minimum atomic E-state index is -2.96. The molecule has 142 valence electrons. The lowest BCUT2D eigenvalue weighted by Gasteiger charge is -2.25. The number of fused-ring (bicyclic) bond motifs is 1. The van der Waals surface area contributed by atoms with Gasteiger partial charge in [0.2, 0.25) is 0 Å².